The van der Waals surface area contributed by atoms with Crippen LogP contribution in [0.3, 0.4) is 0 Å². The highest BCUT2D eigenvalue weighted by Crippen LogP contribution is 2.29. The number of carbonyl (C=O) groups excluding carboxylic acids is 2. The first kappa shape index (κ1) is 18.8. The van der Waals surface area contributed by atoms with E-state index >= 15 is 0 Å². The van der Waals surface area contributed by atoms with Gasteiger partial charge in [-0.2, -0.15) is 5.26 Å². The number of ether oxygens (including phenoxy) is 2. The van der Waals surface area contributed by atoms with Crippen molar-refractivity contribution in [2.24, 2.45) is 0 Å². The molecule has 2 aromatic carbocycles. The van der Waals surface area contributed by atoms with E-state index in [1.807, 2.05) is 0 Å². The molecule has 0 atom stereocenters. The lowest BCUT2D eigenvalue weighted by molar-refractivity contribution is -0.120. The van der Waals surface area contributed by atoms with E-state index in [2.05, 4.69) is 10.6 Å². The maximum Gasteiger partial charge on any atom is 0.263 e. The molecule has 0 bridgehead atoms. The molecule has 2 rings (SSSR count). The maximum absolute atomic E-state index is 12.6. The third-order valence-electron chi connectivity index (χ3n) is 3.60. The van der Waals surface area contributed by atoms with Gasteiger partial charge in [-0.05, 0) is 29.8 Å². The molecule has 134 valence electrons. The van der Waals surface area contributed by atoms with Gasteiger partial charge < -0.3 is 20.1 Å². The molecule has 0 saturated carbocycles. The van der Waals surface area contributed by atoms with Crippen LogP contribution in [0.4, 0.5) is 5.69 Å². The van der Waals surface area contributed by atoms with Crippen molar-refractivity contribution in [2.45, 2.75) is 13.0 Å². The summed E-state index contributed by atoms with van der Waals surface area (Å²) in [5, 5.41) is 13.9. The molecular formula is C19H19N3O4. The number of nitriles is 1. The molecular weight excluding hydrogens is 334 g/mol. The number of nitrogens with one attached hydrogen (secondary N) is 2. The van der Waals surface area contributed by atoms with Gasteiger partial charge in [0.25, 0.3) is 5.91 Å². The van der Waals surface area contributed by atoms with Crippen molar-refractivity contribution < 1.29 is 19.1 Å². The molecule has 0 spiro atoms. The highest BCUT2D eigenvalue weighted by Gasteiger charge is 2.18. The molecule has 2 aromatic rings. The van der Waals surface area contributed by atoms with Crippen molar-refractivity contribution in [1.82, 2.24) is 5.32 Å². The Hall–Kier alpha value is -3.53. The number of anilines is 1. The summed E-state index contributed by atoms with van der Waals surface area (Å²) >= 11 is 0. The molecule has 7 heteroatoms. The van der Waals surface area contributed by atoms with Gasteiger partial charge in [-0.3, -0.25) is 9.59 Å². The van der Waals surface area contributed by atoms with Crippen LogP contribution in [0.1, 0.15) is 22.3 Å². The summed E-state index contributed by atoms with van der Waals surface area (Å²) in [5.41, 5.74) is 1.75. The summed E-state index contributed by atoms with van der Waals surface area (Å²) < 4.78 is 10.5. The second kappa shape index (κ2) is 9.08. The predicted molar refractivity (Wildman–Crippen MR) is 96.0 cm³/mol. The first-order valence-electron chi connectivity index (χ1n) is 7.84. The zero-order valence-electron chi connectivity index (χ0n) is 14.5. The van der Waals surface area contributed by atoms with Crippen LogP contribution in [0.5, 0.6) is 11.5 Å². The number of hydrogen-bond acceptors (Lipinski definition) is 5. The Labute approximate surface area is 151 Å². The molecule has 7 nitrogen and oxygen atoms in total. The minimum Gasteiger partial charge on any atom is -0.496 e. The van der Waals surface area contributed by atoms with Gasteiger partial charge in [0.15, 0.2) is 0 Å². The van der Waals surface area contributed by atoms with Crippen LogP contribution < -0.4 is 20.1 Å². The number of amides is 2. The summed E-state index contributed by atoms with van der Waals surface area (Å²) in [7, 11) is 2.97. The molecule has 2 N–H and O–H groups in total. The molecule has 0 fully saturated rings. The predicted octanol–water partition coefficient (Wildman–Crippen LogP) is 2.49. The van der Waals surface area contributed by atoms with Gasteiger partial charge in [0.2, 0.25) is 5.91 Å². The fourth-order valence-corrected chi connectivity index (χ4v) is 2.31. The second-order valence-corrected chi connectivity index (χ2v) is 5.30. The van der Waals surface area contributed by atoms with E-state index in [4.69, 9.17) is 14.7 Å². The Kier molecular flexibility index (Phi) is 6.57. The van der Waals surface area contributed by atoms with Crippen LogP contribution >= 0.6 is 0 Å². The lowest BCUT2D eigenvalue weighted by Gasteiger charge is -2.13. The van der Waals surface area contributed by atoms with Crippen molar-refractivity contribution in [3.8, 4) is 17.6 Å². The zero-order valence-corrected chi connectivity index (χ0v) is 14.5. The first-order valence-corrected chi connectivity index (χ1v) is 7.84. The number of benzene rings is 2. The molecule has 2 amide bonds. The minimum absolute atomic E-state index is 0.172. The summed E-state index contributed by atoms with van der Waals surface area (Å²) in [5.74, 6) is 0.153. The Morgan fingerprint density at radius 3 is 2.19 bits per heavy atom. The van der Waals surface area contributed by atoms with Crippen LogP contribution in [0.25, 0.3) is 0 Å². The van der Waals surface area contributed by atoms with E-state index in [-0.39, 0.29) is 18.2 Å². The largest absolute Gasteiger partial charge is 0.496 e. The Balaban J connectivity index is 2.07. The van der Waals surface area contributed by atoms with Crippen molar-refractivity contribution >= 4 is 17.5 Å². The highest BCUT2D eigenvalue weighted by atomic mass is 16.5. The zero-order chi connectivity index (χ0) is 18.9. The van der Waals surface area contributed by atoms with Gasteiger partial charge >= 0.3 is 0 Å². The van der Waals surface area contributed by atoms with Gasteiger partial charge in [-0.1, -0.05) is 18.2 Å². The maximum atomic E-state index is 12.6. The van der Waals surface area contributed by atoms with E-state index in [1.165, 1.54) is 14.2 Å². The number of nitrogens with zero attached hydrogens (tertiary/aromatic N) is 1. The Morgan fingerprint density at radius 1 is 1.04 bits per heavy atom. The topological polar surface area (TPSA) is 100 Å². The fourth-order valence-electron chi connectivity index (χ4n) is 2.31. The SMILES string of the molecule is COc1cccc(OC)c1C(=O)Nc1ccc(CNC(=O)CC#N)cc1. The molecule has 0 heterocycles. The van der Waals surface area contributed by atoms with E-state index in [1.54, 1.807) is 48.5 Å². The van der Waals surface area contributed by atoms with Crippen molar-refractivity contribution in [3.63, 3.8) is 0 Å². The van der Waals surface area contributed by atoms with E-state index in [0.29, 0.717) is 29.3 Å². The van der Waals surface area contributed by atoms with Crippen LogP contribution in [0, 0.1) is 11.3 Å². The van der Waals surface area contributed by atoms with Crippen molar-refractivity contribution in [2.75, 3.05) is 19.5 Å². The quantitative estimate of drug-likeness (QED) is 0.796. The lowest BCUT2D eigenvalue weighted by Crippen LogP contribution is -2.21. The van der Waals surface area contributed by atoms with E-state index in [0.717, 1.165) is 5.56 Å². The van der Waals surface area contributed by atoms with Crippen LogP contribution in [-0.4, -0.2) is 26.0 Å². The van der Waals surface area contributed by atoms with Gasteiger partial charge in [0.05, 0.1) is 20.3 Å². The summed E-state index contributed by atoms with van der Waals surface area (Å²) in [6.45, 7) is 0.315. The second-order valence-electron chi connectivity index (χ2n) is 5.30. The summed E-state index contributed by atoms with van der Waals surface area (Å²) in [6.07, 6.45) is -0.172. The molecule has 0 radical (unpaired) electrons. The minimum atomic E-state index is -0.352. The number of rotatable bonds is 7. The summed E-state index contributed by atoms with van der Waals surface area (Å²) in [6, 6.07) is 13.9. The standard InChI is InChI=1S/C19H19N3O4/c1-25-15-4-3-5-16(26-2)18(15)19(24)22-14-8-6-13(7-9-14)12-21-17(23)10-11-20/h3-9H,10,12H2,1-2H3,(H,21,23)(H,22,24). The lowest BCUT2D eigenvalue weighted by atomic mass is 10.1. The van der Waals surface area contributed by atoms with Crippen molar-refractivity contribution in [3.05, 3.63) is 53.6 Å². The molecule has 0 aliphatic heterocycles. The summed E-state index contributed by atoms with van der Waals surface area (Å²) in [4.78, 5) is 23.9. The third kappa shape index (κ3) is 4.74. The van der Waals surface area contributed by atoms with Gasteiger partial charge in [0.1, 0.15) is 23.5 Å². The molecule has 26 heavy (non-hydrogen) atoms. The average Bonchev–Trinajstić information content (AvgIpc) is 2.66. The molecule has 0 aliphatic carbocycles. The molecule has 0 unspecified atom stereocenters. The molecule has 0 saturated heterocycles. The number of methoxy groups -OCH3 is 2. The number of hydrogen-bond donors (Lipinski definition) is 2. The van der Waals surface area contributed by atoms with Gasteiger partial charge in [-0.15, -0.1) is 0 Å². The first-order chi connectivity index (χ1) is 12.6. The number of carbonyl (C=O) groups is 2. The Bertz CT molecular complexity index is 803. The van der Waals surface area contributed by atoms with Crippen LogP contribution in [0.2, 0.25) is 0 Å². The van der Waals surface area contributed by atoms with E-state index < -0.39 is 0 Å². The van der Waals surface area contributed by atoms with Crippen LogP contribution in [-0.2, 0) is 11.3 Å². The van der Waals surface area contributed by atoms with Gasteiger partial charge in [0, 0.05) is 12.2 Å². The van der Waals surface area contributed by atoms with Crippen LogP contribution in [0.15, 0.2) is 42.5 Å². The smallest absolute Gasteiger partial charge is 0.263 e. The third-order valence-corrected chi connectivity index (χ3v) is 3.60. The highest BCUT2D eigenvalue weighted by molar-refractivity contribution is 6.08. The Morgan fingerprint density at radius 2 is 1.65 bits per heavy atom. The van der Waals surface area contributed by atoms with Crippen molar-refractivity contribution in [1.29, 1.82) is 5.26 Å². The van der Waals surface area contributed by atoms with Gasteiger partial charge in [-0.25, -0.2) is 0 Å². The van der Waals surface area contributed by atoms with E-state index in [9.17, 15) is 9.59 Å². The molecule has 0 aliphatic rings. The average molecular weight is 353 g/mol. The fraction of sp³-hybridized carbons (Fsp3) is 0.211. The monoisotopic (exact) mass is 353 g/mol. The molecule has 0 aromatic heterocycles. The normalized spacial score (nSPS) is 9.73.